The number of anilines is 1. The van der Waals surface area contributed by atoms with Gasteiger partial charge in [0.05, 0.1) is 10.6 Å². The molecular weight excluding hydrogens is 248 g/mol. The average molecular weight is 261 g/mol. The van der Waals surface area contributed by atoms with E-state index in [1.54, 1.807) is 12.3 Å². The Balaban J connectivity index is 2.24. The number of halogens is 1. The topological polar surface area (TPSA) is 42.0 Å². The molecule has 1 amide bonds. The molecule has 0 radical (unpaired) electrons. The summed E-state index contributed by atoms with van der Waals surface area (Å²) in [7, 11) is 0. The summed E-state index contributed by atoms with van der Waals surface area (Å²) in [4.78, 5) is 15.9. The van der Waals surface area contributed by atoms with E-state index in [1.165, 1.54) is 6.20 Å². The Hall–Kier alpha value is -1.87. The predicted molar refractivity (Wildman–Crippen MR) is 73.1 cm³/mol. The van der Waals surface area contributed by atoms with Gasteiger partial charge in [-0.25, -0.2) is 0 Å². The molecule has 2 rings (SSSR count). The Morgan fingerprint density at radius 3 is 2.50 bits per heavy atom. The smallest absolute Gasteiger partial charge is 0.257 e. The Morgan fingerprint density at radius 1 is 1.22 bits per heavy atom. The molecule has 0 aliphatic heterocycles. The molecule has 1 aromatic carbocycles. The molecule has 0 spiro atoms. The molecule has 1 aromatic heterocycles. The second-order valence-corrected chi connectivity index (χ2v) is 4.59. The minimum atomic E-state index is -0.229. The van der Waals surface area contributed by atoms with Gasteiger partial charge in [0.2, 0.25) is 0 Å². The zero-order valence-electron chi connectivity index (χ0n) is 10.2. The number of pyridine rings is 1. The molecule has 3 nitrogen and oxygen atoms in total. The molecule has 1 heterocycles. The van der Waals surface area contributed by atoms with Gasteiger partial charge in [-0.05, 0) is 43.2 Å². The molecule has 0 unspecified atom stereocenters. The minimum Gasteiger partial charge on any atom is -0.322 e. The van der Waals surface area contributed by atoms with E-state index in [0.29, 0.717) is 10.6 Å². The van der Waals surface area contributed by atoms with Crippen LogP contribution in [0.3, 0.4) is 0 Å². The van der Waals surface area contributed by atoms with Crippen LogP contribution in [0.2, 0.25) is 5.02 Å². The van der Waals surface area contributed by atoms with Gasteiger partial charge in [-0.3, -0.25) is 9.78 Å². The molecule has 4 heteroatoms. The van der Waals surface area contributed by atoms with E-state index in [-0.39, 0.29) is 5.91 Å². The Bertz CT molecular complexity index is 576. The molecule has 0 fully saturated rings. The Kier molecular flexibility index (Phi) is 3.63. The Morgan fingerprint density at radius 2 is 1.89 bits per heavy atom. The van der Waals surface area contributed by atoms with Crippen LogP contribution in [0.4, 0.5) is 5.69 Å². The lowest BCUT2D eigenvalue weighted by Gasteiger charge is -2.08. The van der Waals surface area contributed by atoms with Crippen LogP contribution in [-0.2, 0) is 0 Å². The highest BCUT2D eigenvalue weighted by atomic mass is 35.5. The van der Waals surface area contributed by atoms with Crippen molar-refractivity contribution in [2.75, 3.05) is 5.32 Å². The number of hydrogen-bond acceptors (Lipinski definition) is 2. The lowest BCUT2D eigenvalue weighted by molar-refractivity contribution is 0.102. The minimum absolute atomic E-state index is 0.229. The fraction of sp³-hybridized carbons (Fsp3) is 0.143. The molecular formula is C14H13ClN2O. The van der Waals surface area contributed by atoms with Crippen LogP contribution in [0.1, 0.15) is 21.5 Å². The number of aromatic nitrogens is 1. The van der Waals surface area contributed by atoms with E-state index in [4.69, 9.17) is 11.6 Å². The molecule has 0 saturated carbocycles. The van der Waals surface area contributed by atoms with Gasteiger partial charge >= 0.3 is 0 Å². The standard InChI is InChI=1S/C14H13ClN2O/c1-9-5-10(2)7-11(6-9)17-14(18)12-3-4-16-8-13(12)15/h3-8H,1-2H3,(H,17,18). The van der Waals surface area contributed by atoms with Crippen molar-refractivity contribution in [1.29, 1.82) is 0 Å². The number of nitrogens with one attached hydrogen (secondary N) is 1. The maximum atomic E-state index is 12.0. The normalized spacial score (nSPS) is 10.2. The van der Waals surface area contributed by atoms with Gasteiger partial charge < -0.3 is 5.32 Å². The predicted octanol–water partition coefficient (Wildman–Crippen LogP) is 3.60. The summed E-state index contributed by atoms with van der Waals surface area (Å²) < 4.78 is 0. The van der Waals surface area contributed by atoms with Crippen LogP contribution in [0, 0.1) is 13.8 Å². The van der Waals surface area contributed by atoms with Crippen molar-refractivity contribution in [3.8, 4) is 0 Å². The zero-order valence-corrected chi connectivity index (χ0v) is 11.0. The van der Waals surface area contributed by atoms with Crippen molar-refractivity contribution >= 4 is 23.2 Å². The van der Waals surface area contributed by atoms with Crippen molar-refractivity contribution in [2.45, 2.75) is 13.8 Å². The SMILES string of the molecule is Cc1cc(C)cc(NC(=O)c2ccncc2Cl)c1. The van der Waals surface area contributed by atoms with E-state index >= 15 is 0 Å². The van der Waals surface area contributed by atoms with Gasteiger partial charge in [0.1, 0.15) is 0 Å². The number of carbonyl (C=O) groups is 1. The highest BCUT2D eigenvalue weighted by Gasteiger charge is 2.10. The molecule has 1 N–H and O–H groups in total. The summed E-state index contributed by atoms with van der Waals surface area (Å²) in [5.74, 6) is -0.229. The molecule has 0 aliphatic carbocycles. The first kappa shape index (κ1) is 12.6. The van der Waals surface area contributed by atoms with Gasteiger partial charge in [0.15, 0.2) is 0 Å². The Labute approximate surface area is 111 Å². The van der Waals surface area contributed by atoms with Crippen LogP contribution < -0.4 is 5.32 Å². The fourth-order valence-corrected chi connectivity index (χ4v) is 2.01. The molecule has 92 valence electrons. The van der Waals surface area contributed by atoms with Gasteiger partial charge in [0.25, 0.3) is 5.91 Å². The van der Waals surface area contributed by atoms with E-state index < -0.39 is 0 Å². The van der Waals surface area contributed by atoms with Crippen LogP contribution in [0.5, 0.6) is 0 Å². The lowest BCUT2D eigenvalue weighted by Crippen LogP contribution is -2.12. The van der Waals surface area contributed by atoms with Gasteiger partial charge in [-0.2, -0.15) is 0 Å². The van der Waals surface area contributed by atoms with Crippen LogP contribution in [0.25, 0.3) is 0 Å². The van der Waals surface area contributed by atoms with Crippen LogP contribution in [0.15, 0.2) is 36.7 Å². The zero-order chi connectivity index (χ0) is 13.1. The van der Waals surface area contributed by atoms with Gasteiger partial charge in [0, 0.05) is 18.1 Å². The maximum Gasteiger partial charge on any atom is 0.257 e. The first-order chi connectivity index (χ1) is 8.56. The fourth-order valence-electron chi connectivity index (χ4n) is 1.80. The monoisotopic (exact) mass is 260 g/mol. The van der Waals surface area contributed by atoms with Crippen molar-refractivity contribution < 1.29 is 4.79 Å². The third-order valence-electron chi connectivity index (χ3n) is 2.50. The number of benzene rings is 1. The quantitative estimate of drug-likeness (QED) is 0.896. The molecule has 0 bridgehead atoms. The largest absolute Gasteiger partial charge is 0.322 e. The highest BCUT2D eigenvalue weighted by Crippen LogP contribution is 2.18. The van der Waals surface area contributed by atoms with E-state index in [9.17, 15) is 4.79 Å². The molecule has 2 aromatic rings. The molecule has 18 heavy (non-hydrogen) atoms. The number of nitrogens with zero attached hydrogens (tertiary/aromatic N) is 1. The third-order valence-corrected chi connectivity index (χ3v) is 2.80. The second kappa shape index (κ2) is 5.19. The lowest BCUT2D eigenvalue weighted by atomic mass is 10.1. The van der Waals surface area contributed by atoms with Crippen molar-refractivity contribution in [1.82, 2.24) is 4.98 Å². The molecule has 0 atom stereocenters. The summed E-state index contributed by atoms with van der Waals surface area (Å²) in [6, 6.07) is 7.48. The van der Waals surface area contributed by atoms with Crippen molar-refractivity contribution in [3.63, 3.8) is 0 Å². The molecule has 0 saturated heterocycles. The van der Waals surface area contributed by atoms with E-state index in [2.05, 4.69) is 16.4 Å². The van der Waals surface area contributed by atoms with Crippen molar-refractivity contribution in [3.05, 3.63) is 58.4 Å². The van der Waals surface area contributed by atoms with E-state index in [0.717, 1.165) is 16.8 Å². The third kappa shape index (κ3) is 2.87. The number of rotatable bonds is 2. The first-order valence-corrected chi connectivity index (χ1v) is 5.93. The average Bonchev–Trinajstić information content (AvgIpc) is 2.27. The van der Waals surface area contributed by atoms with Crippen molar-refractivity contribution in [2.24, 2.45) is 0 Å². The number of amides is 1. The summed E-state index contributed by atoms with van der Waals surface area (Å²) in [5.41, 5.74) is 3.40. The van der Waals surface area contributed by atoms with Gasteiger partial charge in [-0.15, -0.1) is 0 Å². The van der Waals surface area contributed by atoms with E-state index in [1.807, 2.05) is 26.0 Å². The second-order valence-electron chi connectivity index (χ2n) is 4.19. The van der Waals surface area contributed by atoms with Crippen LogP contribution >= 0.6 is 11.6 Å². The maximum absolute atomic E-state index is 12.0. The van der Waals surface area contributed by atoms with Crippen LogP contribution in [-0.4, -0.2) is 10.9 Å². The summed E-state index contributed by atoms with van der Waals surface area (Å²) in [5, 5.41) is 3.18. The summed E-state index contributed by atoms with van der Waals surface area (Å²) in [6.45, 7) is 3.98. The summed E-state index contributed by atoms with van der Waals surface area (Å²) >= 11 is 5.92. The number of hydrogen-bond donors (Lipinski definition) is 1. The number of aryl methyl sites for hydroxylation is 2. The van der Waals surface area contributed by atoms with Gasteiger partial charge in [-0.1, -0.05) is 17.7 Å². The summed E-state index contributed by atoms with van der Waals surface area (Å²) in [6.07, 6.45) is 3.00. The molecule has 0 aliphatic rings. The number of carbonyl (C=O) groups excluding carboxylic acids is 1. The highest BCUT2D eigenvalue weighted by molar-refractivity contribution is 6.34. The first-order valence-electron chi connectivity index (χ1n) is 5.55.